The molecule has 0 bridgehead atoms. The van der Waals surface area contributed by atoms with Crippen LogP contribution in [0.5, 0.6) is 0 Å². The smallest absolute Gasteiger partial charge is 0.0797 e. The van der Waals surface area contributed by atoms with E-state index in [1.54, 1.807) is 0 Å². The summed E-state index contributed by atoms with van der Waals surface area (Å²) >= 11 is 4.12. The molecule has 0 saturated carbocycles. The SMILES string of the molecule is CC(C)(C)c1ccc(C(O)CCS)cc1. The van der Waals surface area contributed by atoms with Crippen LogP contribution in [0, 0.1) is 0 Å². The minimum atomic E-state index is -0.378. The summed E-state index contributed by atoms with van der Waals surface area (Å²) < 4.78 is 0. The molecule has 0 saturated heterocycles. The van der Waals surface area contributed by atoms with Crippen molar-refractivity contribution in [2.45, 2.75) is 38.7 Å². The van der Waals surface area contributed by atoms with E-state index in [4.69, 9.17) is 0 Å². The Hall–Kier alpha value is -0.470. The molecule has 15 heavy (non-hydrogen) atoms. The van der Waals surface area contributed by atoms with Gasteiger partial charge in [0.1, 0.15) is 0 Å². The van der Waals surface area contributed by atoms with Crippen molar-refractivity contribution in [1.82, 2.24) is 0 Å². The molecule has 0 aliphatic heterocycles. The number of aliphatic hydroxyl groups excluding tert-OH is 1. The lowest BCUT2D eigenvalue weighted by atomic mass is 9.86. The van der Waals surface area contributed by atoms with Gasteiger partial charge in [-0.25, -0.2) is 0 Å². The third-order valence-electron chi connectivity index (χ3n) is 2.56. The summed E-state index contributed by atoms with van der Waals surface area (Å²) in [6.45, 7) is 6.56. The minimum Gasteiger partial charge on any atom is -0.388 e. The van der Waals surface area contributed by atoms with Crippen molar-refractivity contribution in [2.24, 2.45) is 0 Å². The molecule has 0 aromatic heterocycles. The highest BCUT2D eigenvalue weighted by molar-refractivity contribution is 7.80. The summed E-state index contributed by atoms with van der Waals surface area (Å²) in [7, 11) is 0. The Bertz CT molecular complexity index is 297. The number of hydrogen-bond acceptors (Lipinski definition) is 2. The number of aliphatic hydroxyl groups is 1. The van der Waals surface area contributed by atoms with Crippen LogP contribution in [-0.4, -0.2) is 10.9 Å². The van der Waals surface area contributed by atoms with Gasteiger partial charge in [-0.3, -0.25) is 0 Å². The van der Waals surface area contributed by atoms with Crippen LogP contribution in [0.25, 0.3) is 0 Å². The first kappa shape index (κ1) is 12.6. The van der Waals surface area contributed by atoms with E-state index in [1.807, 2.05) is 12.1 Å². The highest BCUT2D eigenvalue weighted by atomic mass is 32.1. The van der Waals surface area contributed by atoms with Gasteiger partial charge >= 0.3 is 0 Å². The van der Waals surface area contributed by atoms with Crippen LogP contribution >= 0.6 is 12.6 Å². The zero-order valence-corrected chi connectivity index (χ0v) is 10.6. The Kier molecular flexibility index (Phi) is 4.23. The standard InChI is InChI=1S/C13H20OS/c1-13(2,3)11-6-4-10(5-7-11)12(14)8-9-15/h4-7,12,14-15H,8-9H2,1-3H3. The number of hydrogen-bond donors (Lipinski definition) is 2. The molecule has 1 aromatic rings. The van der Waals surface area contributed by atoms with E-state index in [2.05, 4.69) is 45.5 Å². The minimum absolute atomic E-state index is 0.174. The van der Waals surface area contributed by atoms with Gasteiger partial charge < -0.3 is 5.11 Å². The first-order valence-electron chi connectivity index (χ1n) is 5.34. The Morgan fingerprint density at radius 3 is 2.13 bits per heavy atom. The molecule has 1 aromatic carbocycles. The van der Waals surface area contributed by atoms with Crippen molar-refractivity contribution in [2.75, 3.05) is 5.75 Å². The highest BCUT2D eigenvalue weighted by Crippen LogP contribution is 2.24. The Morgan fingerprint density at radius 2 is 1.73 bits per heavy atom. The van der Waals surface area contributed by atoms with E-state index in [-0.39, 0.29) is 11.5 Å². The molecule has 1 nitrogen and oxygen atoms in total. The van der Waals surface area contributed by atoms with Gasteiger partial charge in [0, 0.05) is 0 Å². The van der Waals surface area contributed by atoms with E-state index < -0.39 is 0 Å². The molecule has 84 valence electrons. The quantitative estimate of drug-likeness (QED) is 0.755. The van der Waals surface area contributed by atoms with E-state index in [9.17, 15) is 5.11 Å². The maximum Gasteiger partial charge on any atom is 0.0797 e. The second-order valence-corrected chi connectivity index (χ2v) is 5.35. The van der Waals surface area contributed by atoms with Crippen LogP contribution in [0.3, 0.4) is 0 Å². The second kappa shape index (κ2) is 5.04. The summed E-state index contributed by atoms with van der Waals surface area (Å²) in [5.41, 5.74) is 2.45. The van der Waals surface area contributed by atoms with Gasteiger partial charge in [0.15, 0.2) is 0 Å². The van der Waals surface area contributed by atoms with Gasteiger partial charge in [0.2, 0.25) is 0 Å². The van der Waals surface area contributed by atoms with Crippen molar-refractivity contribution in [3.8, 4) is 0 Å². The van der Waals surface area contributed by atoms with Gasteiger partial charge in [0.25, 0.3) is 0 Å². The summed E-state index contributed by atoms with van der Waals surface area (Å²) in [4.78, 5) is 0. The van der Waals surface area contributed by atoms with Crippen LogP contribution in [-0.2, 0) is 5.41 Å². The fourth-order valence-corrected chi connectivity index (χ4v) is 1.74. The third kappa shape index (κ3) is 3.54. The zero-order chi connectivity index (χ0) is 11.5. The average molecular weight is 224 g/mol. The fraction of sp³-hybridized carbons (Fsp3) is 0.538. The zero-order valence-electron chi connectivity index (χ0n) is 9.70. The van der Waals surface area contributed by atoms with Crippen LogP contribution in [0.15, 0.2) is 24.3 Å². The van der Waals surface area contributed by atoms with Crippen LogP contribution in [0.2, 0.25) is 0 Å². The average Bonchev–Trinajstić information content (AvgIpc) is 2.17. The molecule has 1 rings (SSSR count). The lowest BCUT2D eigenvalue weighted by molar-refractivity contribution is 0.175. The molecule has 1 unspecified atom stereocenters. The lowest BCUT2D eigenvalue weighted by Crippen LogP contribution is -2.11. The van der Waals surface area contributed by atoms with Crippen molar-refractivity contribution in [3.05, 3.63) is 35.4 Å². The largest absolute Gasteiger partial charge is 0.388 e. The monoisotopic (exact) mass is 224 g/mol. The molecule has 0 spiro atoms. The van der Waals surface area contributed by atoms with Crippen molar-refractivity contribution in [3.63, 3.8) is 0 Å². The number of thiol groups is 1. The van der Waals surface area contributed by atoms with Gasteiger partial charge in [0.05, 0.1) is 6.10 Å². The molecule has 0 amide bonds. The van der Waals surface area contributed by atoms with Crippen LogP contribution in [0.1, 0.15) is 44.4 Å². The first-order chi connectivity index (χ1) is 6.95. The van der Waals surface area contributed by atoms with Crippen LogP contribution < -0.4 is 0 Å². The predicted molar refractivity (Wildman–Crippen MR) is 68.6 cm³/mol. The van der Waals surface area contributed by atoms with Crippen molar-refractivity contribution in [1.29, 1.82) is 0 Å². The van der Waals surface area contributed by atoms with E-state index >= 15 is 0 Å². The molecule has 1 atom stereocenters. The fourth-order valence-electron chi connectivity index (χ4n) is 1.49. The van der Waals surface area contributed by atoms with Gasteiger partial charge in [-0.15, -0.1) is 0 Å². The summed E-state index contributed by atoms with van der Waals surface area (Å²) in [5.74, 6) is 0.711. The molecular formula is C13H20OS. The lowest BCUT2D eigenvalue weighted by Gasteiger charge is -2.20. The number of rotatable bonds is 3. The normalized spacial score (nSPS) is 13.9. The van der Waals surface area contributed by atoms with Gasteiger partial charge in [-0.05, 0) is 28.7 Å². The predicted octanol–water partition coefficient (Wildman–Crippen LogP) is 3.34. The van der Waals surface area contributed by atoms with Gasteiger partial charge in [-0.2, -0.15) is 12.6 Å². The molecule has 0 aliphatic carbocycles. The third-order valence-corrected chi connectivity index (χ3v) is 2.82. The molecule has 0 radical (unpaired) electrons. The summed E-state index contributed by atoms with van der Waals surface area (Å²) in [5, 5.41) is 9.77. The number of benzene rings is 1. The highest BCUT2D eigenvalue weighted by Gasteiger charge is 2.14. The Morgan fingerprint density at radius 1 is 1.20 bits per heavy atom. The molecule has 0 fully saturated rings. The van der Waals surface area contributed by atoms with E-state index in [0.29, 0.717) is 12.2 Å². The Labute approximate surface area is 97.9 Å². The van der Waals surface area contributed by atoms with Crippen molar-refractivity contribution >= 4 is 12.6 Å². The molecule has 1 N–H and O–H groups in total. The maximum atomic E-state index is 9.77. The van der Waals surface area contributed by atoms with Crippen molar-refractivity contribution < 1.29 is 5.11 Å². The topological polar surface area (TPSA) is 20.2 Å². The molecular weight excluding hydrogens is 204 g/mol. The van der Waals surface area contributed by atoms with Gasteiger partial charge in [-0.1, -0.05) is 45.0 Å². The molecule has 2 heteroatoms. The Balaban J connectivity index is 2.81. The van der Waals surface area contributed by atoms with Crippen LogP contribution in [0.4, 0.5) is 0 Å². The molecule has 0 heterocycles. The summed E-state index contributed by atoms with van der Waals surface area (Å²) in [6, 6.07) is 8.21. The van der Waals surface area contributed by atoms with E-state index in [1.165, 1.54) is 5.56 Å². The van der Waals surface area contributed by atoms with E-state index in [0.717, 1.165) is 5.56 Å². The molecule has 0 aliphatic rings. The second-order valence-electron chi connectivity index (χ2n) is 4.90. The first-order valence-corrected chi connectivity index (χ1v) is 5.98. The maximum absolute atomic E-state index is 9.77. The summed E-state index contributed by atoms with van der Waals surface area (Å²) in [6.07, 6.45) is 0.328.